The van der Waals surface area contributed by atoms with E-state index in [1.807, 2.05) is 0 Å². The van der Waals surface area contributed by atoms with Crippen molar-refractivity contribution in [2.24, 2.45) is 0 Å². The first-order valence-electron chi connectivity index (χ1n) is 6.51. The van der Waals surface area contributed by atoms with Crippen LogP contribution in [0.5, 0.6) is 0 Å². The van der Waals surface area contributed by atoms with Crippen LogP contribution in [-0.4, -0.2) is 45.3 Å². The van der Waals surface area contributed by atoms with Gasteiger partial charge in [-0.05, 0) is 27.8 Å². The molecule has 0 aliphatic rings. The molecular formula is C12H21N3O4S2. The van der Waals surface area contributed by atoms with Gasteiger partial charge in [-0.25, -0.2) is 18.1 Å². The van der Waals surface area contributed by atoms with Crippen molar-refractivity contribution in [1.29, 1.82) is 0 Å². The quantitative estimate of drug-likeness (QED) is 0.686. The smallest absolute Gasteiger partial charge is 0.317 e. The van der Waals surface area contributed by atoms with Crippen LogP contribution in [0.2, 0.25) is 0 Å². The van der Waals surface area contributed by atoms with E-state index in [9.17, 15) is 13.2 Å². The maximum Gasteiger partial charge on any atom is 0.317 e. The summed E-state index contributed by atoms with van der Waals surface area (Å²) < 4.78 is 29.8. The van der Waals surface area contributed by atoms with Gasteiger partial charge in [0.2, 0.25) is 10.0 Å². The van der Waals surface area contributed by atoms with Gasteiger partial charge in [0.1, 0.15) is 5.41 Å². The van der Waals surface area contributed by atoms with E-state index in [1.165, 1.54) is 18.4 Å². The molecule has 0 bridgehead atoms. The molecule has 9 heteroatoms. The number of hydrogen-bond donors (Lipinski definition) is 2. The molecule has 0 saturated carbocycles. The number of ether oxygens (including phenoxy) is 1. The average molecular weight is 335 g/mol. The molecule has 2 N–H and O–H groups in total. The lowest BCUT2D eigenvalue weighted by molar-refractivity contribution is -0.148. The normalized spacial score (nSPS) is 12.2. The lowest BCUT2D eigenvalue weighted by Crippen LogP contribution is -2.31. The third-order valence-electron chi connectivity index (χ3n) is 2.89. The minimum absolute atomic E-state index is 0.0420. The molecule has 1 aromatic rings. The second-order valence-corrected chi connectivity index (χ2v) is 7.74. The fourth-order valence-electron chi connectivity index (χ4n) is 1.45. The number of carbonyl (C=O) groups excluding carboxylic acids is 1. The zero-order valence-corrected chi connectivity index (χ0v) is 14.2. The van der Waals surface area contributed by atoms with Crippen molar-refractivity contribution in [3.8, 4) is 0 Å². The van der Waals surface area contributed by atoms with E-state index in [1.54, 1.807) is 26.2 Å². The van der Waals surface area contributed by atoms with Crippen molar-refractivity contribution in [2.45, 2.75) is 26.2 Å². The highest BCUT2D eigenvalue weighted by Gasteiger charge is 2.33. The second kappa shape index (κ2) is 7.19. The second-order valence-electron chi connectivity index (χ2n) is 4.83. The summed E-state index contributed by atoms with van der Waals surface area (Å²) in [6.45, 7) is 5.81. The Bertz CT molecular complexity index is 581. The first-order valence-corrected chi connectivity index (χ1v) is 9.04. The summed E-state index contributed by atoms with van der Waals surface area (Å²) in [5, 5.41) is 5.28. The number of sulfonamides is 1. The molecule has 120 valence electrons. The van der Waals surface area contributed by atoms with Crippen LogP contribution in [0.4, 0.5) is 5.13 Å². The van der Waals surface area contributed by atoms with E-state index in [0.29, 0.717) is 17.4 Å². The highest BCUT2D eigenvalue weighted by Crippen LogP contribution is 2.28. The summed E-state index contributed by atoms with van der Waals surface area (Å²) in [5.74, 6) is -0.376. The van der Waals surface area contributed by atoms with Gasteiger partial charge in [0, 0.05) is 11.9 Å². The fraction of sp³-hybridized carbons (Fsp3) is 0.667. The number of thiazole rings is 1. The average Bonchev–Trinajstić information content (AvgIpc) is 2.88. The van der Waals surface area contributed by atoms with Gasteiger partial charge in [-0.3, -0.25) is 4.79 Å². The standard InChI is InChI=1S/C12H21N3O4S2/c1-5-19-10(16)12(2,3)9-8-20-11(15-9)14-6-7-21(17,18)13-4/h8,13H,5-7H2,1-4H3,(H,14,15). The number of nitrogens with one attached hydrogen (secondary N) is 2. The molecule has 1 aromatic heterocycles. The summed E-state index contributed by atoms with van der Waals surface area (Å²) >= 11 is 1.32. The molecule has 0 unspecified atom stereocenters. The number of carbonyl (C=O) groups is 1. The van der Waals surface area contributed by atoms with E-state index in [4.69, 9.17) is 4.74 Å². The molecule has 0 radical (unpaired) electrons. The van der Waals surface area contributed by atoms with Gasteiger partial charge in [-0.1, -0.05) is 0 Å². The molecular weight excluding hydrogens is 314 g/mol. The van der Waals surface area contributed by atoms with Crippen LogP contribution >= 0.6 is 11.3 Å². The molecule has 7 nitrogen and oxygen atoms in total. The van der Waals surface area contributed by atoms with Crippen LogP contribution in [0, 0.1) is 0 Å². The minimum atomic E-state index is -3.24. The van der Waals surface area contributed by atoms with Gasteiger partial charge in [0.15, 0.2) is 5.13 Å². The van der Waals surface area contributed by atoms with Gasteiger partial charge in [-0.2, -0.15) is 0 Å². The Morgan fingerprint density at radius 2 is 2.14 bits per heavy atom. The van der Waals surface area contributed by atoms with E-state index in [-0.39, 0.29) is 18.3 Å². The Morgan fingerprint density at radius 3 is 2.71 bits per heavy atom. The molecule has 0 atom stereocenters. The fourth-order valence-corrected chi connectivity index (χ4v) is 2.93. The lowest BCUT2D eigenvalue weighted by atomic mass is 9.90. The Balaban J connectivity index is 2.67. The Morgan fingerprint density at radius 1 is 1.48 bits per heavy atom. The Labute approximate surface area is 129 Å². The van der Waals surface area contributed by atoms with Crippen molar-refractivity contribution >= 4 is 32.5 Å². The lowest BCUT2D eigenvalue weighted by Gasteiger charge is -2.19. The molecule has 0 aromatic carbocycles. The number of rotatable bonds is 8. The Hall–Kier alpha value is -1.19. The monoisotopic (exact) mass is 335 g/mol. The summed E-state index contributed by atoms with van der Waals surface area (Å²) in [6, 6.07) is 0. The van der Waals surface area contributed by atoms with Gasteiger partial charge in [0.05, 0.1) is 18.1 Å². The van der Waals surface area contributed by atoms with Crippen LogP contribution in [0.15, 0.2) is 5.38 Å². The van der Waals surface area contributed by atoms with Gasteiger partial charge in [0.25, 0.3) is 0 Å². The van der Waals surface area contributed by atoms with Crippen LogP contribution in [-0.2, 0) is 25.0 Å². The summed E-state index contributed by atoms with van der Waals surface area (Å²) in [4.78, 5) is 16.2. The molecule has 0 aliphatic heterocycles. The van der Waals surface area contributed by atoms with Crippen LogP contribution in [0.3, 0.4) is 0 Å². The third-order valence-corrected chi connectivity index (χ3v) is 5.05. The number of aromatic nitrogens is 1. The predicted octanol–water partition coefficient (Wildman–Crippen LogP) is 0.945. The van der Waals surface area contributed by atoms with E-state index in [2.05, 4.69) is 15.0 Å². The van der Waals surface area contributed by atoms with E-state index >= 15 is 0 Å². The van der Waals surface area contributed by atoms with Crippen molar-refractivity contribution in [1.82, 2.24) is 9.71 Å². The van der Waals surface area contributed by atoms with Crippen molar-refractivity contribution in [3.05, 3.63) is 11.1 Å². The summed E-state index contributed by atoms with van der Waals surface area (Å²) in [6.07, 6.45) is 0. The number of nitrogens with zero attached hydrogens (tertiary/aromatic N) is 1. The topological polar surface area (TPSA) is 97.4 Å². The SMILES string of the molecule is CCOC(=O)C(C)(C)c1csc(NCCS(=O)(=O)NC)n1. The number of hydrogen-bond acceptors (Lipinski definition) is 7. The zero-order chi connectivity index (χ0) is 16.1. The largest absolute Gasteiger partial charge is 0.465 e. The minimum Gasteiger partial charge on any atom is -0.465 e. The van der Waals surface area contributed by atoms with Gasteiger partial charge in [-0.15, -0.1) is 11.3 Å². The third kappa shape index (κ3) is 4.94. The van der Waals surface area contributed by atoms with Gasteiger partial charge < -0.3 is 10.1 Å². The first kappa shape index (κ1) is 17.9. The van der Waals surface area contributed by atoms with Crippen molar-refractivity contribution in [2.75, 3.05) is 31.3 Å². The van der Waals surface area contributed by atoms with Crippen LogP contribution < -0.4 is 10.0 Å². The molecule has 0 fully saturated rings. The van der Waals surface area contributed by atoms with Crippen molar-refractivity contribution in [3.63, 3.8) is 0 Å². The highest BCUT2D eigenvalue weighted by molar-refractivity contribution is 7.89. The molecule has 0 amide bonds. The molecule has 0 saturated heterocycles. The summed E-state index contributed by atoms with van der Waals surface area (Å²) in [7, 11) is -1.87. The highest BCUT2D eigenvalue weighted by atomic mass is 32.2. The molecule has 0 spiro atoms. The van der Waals surface area contributed by atoms with Crippen LogP contribution in [0.25, 0.3) is 0 Å². The molecule has 0 aliphatic carbocycles. The van der Waals surface area contributed by atoms with Crippen LogP contribution in [0.1, 0.15) is 26.5 Å². The maximum atomic E-state index is 11.9. The molecule has 21 heavy (non-hydrogen) atoms. The predicted molar refractivity (Wildman–Crippen MR) is 83.1 cm³/mol. The Kier molecular flexibility index (Phi) is 6.11. The maximum absolute atomic E-state index is 11.9. The molecule has 1 rings (SSSR count). The van der Waals surface area contributed by atoms with E-state index in [0.717, 1.165) is 0 Å². The summed E-state index contributed by atoms with van der Waals surface area (Å²) in [5.41, 5.74) is -0.228. The van der Waals surface area contributed by atoms with Gasteiger partial charge >= 0.3 is 5.97 Å². The number of anilines is 1. The number of esters is 1. The molecule has 1 heterocycles. The van der Waals surface area contributed by atoms with E-state index < -0.39 is 15.4 Å². The van der Waals surface area contributed by atoms with Crippen molar-refractivity contribution < 1.29 is 17.9 Å². The zero-order valence-electron chi connectivity index (χ0n) is 12.6. The first-order chi connectivity index (χ1) is 9.73.